The van der Waals surface area contributed by atoms with Gasteiger partial charge in [-0.2, -0.15) is 0 Å². The summed E-state index contributed by atoms with van der Waals surface area (Å²) in [7, 11) is 0. The fourth-order valence-corrected chi connectivity index (χ4v) is 1.00. The molecule has 0 aliphatic carbocycles. The Labute approximate surface area is 73.2 Å². The summed E-state index contributed by atoms with van der Waals surface area (Å²) in [5.41, 5.74) is 11.1. The van der Waals surface area contributed by atoms with Gasteiger partial charge in [0.05, 0.1) is 6.61 Å². The predicted octanol–water partition coefficient (Wildman–Crippen LogP) is 0.00580. The summed E-state index contributed by atoms with van der Waals surface area (Å²) < 4.78 is 4.53. The Hall–Kier alpha value is -0.610. The molecular formula is C8H18N2O2. The van der Waals surface area contributed by atoms with Gasteiger partial charge in [0, 0.05) is 6.04 Å². The highest BCUT2D eigenvalue weighted by Gasteiger charge is 2.00. The van der Waals surface area contributed by atoms with Crippen LogP contribution in [0.1, 0.15) is 25.7 Å². The summed E-state index contributed by atoms with van der Waals surface area (Å²) in [5, 5.41) is 0. The van der Waals surface area contributed by atoms with Gasteiger partial charge in [-0.05, 0) is 32.2 Å². The molecule has 72 valence electrons. The van der Waals surface area contributed by atoms with E-state index in [2.05, 4.69) is 4.74 Å². The first kappa shape index (κ1) is 11.4. The first-order chi connectivity index (χ1) is 5.81. The smallest absolute Gasteiger partial charge is 0.293 e. The van der Waals surface area contributed by atoms with Crippen molar-refractivity contribution in [1.29, 1.82) is 0 Å². The van der Waals surface area contributed by atoms with Crippen LogP contribution >= 0.6 is 0 Å². The minimum absolute atomic E-state index is 0.198. The second-order valence-corrected chi connectivity index (χ2v) is 2.80. The zero-order valence-corrected chi connectivity index (χ0v) is 7.37. The van der Waals surface area contributed by atoms with Crippen LogP contribution in [-0.4, -0.2) is 25.7 Å². The molecule has 0 rings (SSSR count). The summed E-state index contributed by atoms with van der Waals surface area (Å²) in [6.45, 7) is 1.63. The van der Waals surface area contributed by atoms with Gasteiger partial charge in [-0.15, -0.1) is 0 Å². The van der Waals surface area contributed by atoms with E-state index < -0.39 is 0 Å². The number of rotatable bonds is 8. The average Bonchev–Trinajstić information content (AvgIpc) is 2.09. The molecule has 0 aromatic heterocycles. The molecule has 0 heterocycles. The number of ether oxygens (including phenoxy) is 1. The second kappa shape index (κ2) is 8.49. The van der Waals surface area contributed by atoms with Crippen LogP contribution in [0.4, 0.5) is 0 Å². The van der Waals surface area contributed by atoms with Crippen LogP contribution in [0.3, 0.4) is 0 Å². The van der Waals surface area contributed by atoms with E-state index in [0.717, 1.165) is 25.7 Å². The van der Waals surface area contributed by atoms with Gasteiger partial charge in [0.1, 0.15) is 0 Å². The van der Waals surface area contributed by atoms with Crippen molar-refractivity contribution >= 4 is 6.47 Å². The second-order valence-electron chi connectivity index (χ2n) is 2.80. The van der Waals surface area contributed by atoms with Crippen molar-refractivity contribution in [2.24, 2.45) is 11.5 Å². The Morgan fingerprint density at radius 3 is 2.58 bits per heavy atom. The van der Waals surface area contributed by atoms with Gasteiger partial charge in [-0.1, -0.05) is 0 Å². The van der Waals surface area contributed by atoms with Gasteiger partial charge in [0.15, 0.2) is 0 Å². The monoisotopic (exact) mass is 174 g/mol. The highest BCUT2D eigenvalue weighted by molar-refractivity contribution is 5.36. The van der Waals surface area contributed by atoms with Crippen molar-refractivity contribution < 1.29 is 9.53 Å². The summed E-state index contributed by atoms with van der Waals surface area (Å²) in [5.74, 6) is 0. The lowest BCUT2D eigenvalue weighted by molar-refractivity contribution is -0.128. The van der Waals surface area contributed by atoms with Gasteiger partial charge < -0.3 is 16.2 Å². The zero-order valence-electron chi connectivity index (χ0n) is 7.37. The van der Waals surface area contributed by atoms with Crippen molar-refractivity contribution in [3.8, 4) is 0 Å². The summed E-state index contributed by atoms with van der Waals surface area (Å²) in [6, 6.07) is 0.198. The molecule has 1 unspecified atom stereocenters. The molecule has 0 amide bonds. The Morgan fingerprint density at radius 1 is 1.33 bits per heavy atom. The number of hydrogen-bond donors (Lipinski definition) is 2. The molecule has 1 atom stereocenters. The van der Waals surface area contributed by atoms with Crippen molar-refractivity contribution in [2.75, 3.05) is 13.2 Å². The van der Waals surface area contributed by atoms with Crippen LogP contribution in [0.25, 0.3) is 0 Å². The molecule has 4 heteroatoms. The highest BCUT2D eigenvalue weighted by atomic mass is 16.5. The van der Waals surface area contributed by atoms with Crippen LogP contribution in [0.2, 0.25) is 0 Å². The minimum Gasteiger partial charge on any atom is -0.468 e. The average molecular weight is 174 g/mol. The lowest BCUT2D eigenvalue weighted by atomic mass is 10.1. The molecule has 12 heavy (non-hydrogen) atoms. The maximum atomic E-state index is 9.75. The molecule has 0 aliphatic rings. The molecule has 0 spiro atoms. The first-order valence-electron chi connectivity index (χ1n) is 4.32. The van der Waals surface area contributed by atoms with E-state index in [4.69, 9.17) is 11.5 Å². The first-order valence-corrected chi connectivity index (χ1v) is 4.32. The molecule has 0 aliphatic heterocycles. The Balaban J connectivity index is 3.07. The van der Waals surface area contributed by atoms with Crippen molar-refractivity contribution in [3.63, 3.8) is 0 Å². The van der Waals surface area contributed by atoms with E-state index >= 15 is 0 Å². The Bertz CT molecular complexity index is 109. The van der Waals surface area contributed by atoms with Gasteiger partial charge in [-0.3, -0.25) is 4.79 Å². The van der Waals surface area contributed by atoms with Crippen molar-refractivity contribution in [1.82, 2.24) is 0 Å². The molecular weight excluding hydrogens is 156 g/mol. The Morgan fingerprint density at radius 2 is 2.00 bits per heavy atom. The lowest BCUT2D eigenvalue weighted by Crippen LogP contribution is -2.21. The fourth-order valence-electron chi connectivity index (χ4n) is 1.00. The summed E-state index contributed by atoms with van der Waals surface area (Å²) in [4.78, 5) is 9.75. The largest absolute Gasteiger partial charge is 0.468 e. The quantitative estimate of drug-likeness (QED) is 0.401. The third-order valence-corrected chi connectivity index (χ3v) is 1.68. The number of carbonyl (C=O) groups is 1. The normalized spacial score (nSPS) is 12.5. The maximum absolute atomic E-state index is 9.75. The number of hydrogen-bond acceptors (Lipinski definition) is 4. The van der Waals surface area contributed by atoms with Crippen molar-refractivity contribution in [3.05, 3.63) is 0 Å². The standard InChI is InChI=1S/C8H18N2O2/c9-5-1-3-8(10)4-2-6-12-7-11/h7-8H,1-6,9-10H2. The molecule has 0 saturated carbocycles. The number of nitrogens with two attached hydrogens (primary N) is 2. The molecule has 0 aromatic carbocycles. The minimum atomic E-state index is 0.198. The molecule has 0 fully saturated rings. The summed E-state index contributed by atoms with van der Waals surface area (Å²) >= 11 is 0. The SMILES string of the molecule is NCCCC(N)CCCOC=O. The van der Waals surface area contributed by atoms with Crippen molar-refractivity contribution in [2.45, 2.75) is 31.7 Å². The van der Waals surface area contributed by atoms with Crippen LogP contribution < -0.4 is 11.5 Å². The Kier molecular flexibility index (Phi) is 8.05. The molecule has 0 aromatic rings. The van der Waals surface area contributed by atoms with E-state index in [-0.39, 0.29) is 6.04 Å². The zero-order chi connectivity index (χ0) is 9.23. The van der Waals surface area contributed by atoms with E-state index in [1.807, 2.05) is 0 Å². The van der Waals surface area contributed by atoms with Crippen LogP contribution in [0, 0.1) is 0 Å². The van der Waals surface area contributed by atoms with Crippen LogP contribution in [0.5, 0.6) is 0 Å². The van der Waals surface area contributed by atoms with E-state index in [1.54, 1.807) is 0 Å². The van der Waals surface area contributed by atoms with Crippen LogP contribution in [-0.2, 0) is 9.53 Å². The van der Waals surface area contributed by atoms with Gasteiger partial charge in [0.25, 0.3) is 6.47 Å². The van der Waals surface area contributed by atoms with Gasteiger partial charge in [0.2, 0.25) is 0 Å². The predicted molar refractivity (Wildman–Crippen MR) is 47.5 cm³/mol. The van der Waals surface area contributed by atoms with E-state index in [1.165, 1.54) is 0 Å². The molecule has 0 bridgehead atoms. The molecule has 0 saturated heterocycles. The van der Waals surface area contributed by atoms with Crippen LogP contribution in [0.15, 0.2) is 0 Å². The van der Waals surface area contributed by atoms with E-state index in [9.17, 15) is 4.79 Å². The fraction of sp³-hybridized carbons (Fsp3) is 0.875. The molecule has 0 radical (unpaired) electrons. The van der Waals surface area contributed by atoms with Gasteiger partial charge in [-0.25, -0.2) is 0 Å². The maximum Gasteiger partial charge on any atom is 0.293 e. The van der Waals surface area contributed by atoms with E-state index in [0.29, 0.717) is 19.6 Å². The van der Waals surface area contributed by atoms with Gasteiger partial charge >= 0.3 is 0 Å². The number of carbonyl (C=O) groups excluding carboxylic acids is 1. The topological polar surface area (TPSA) is 78.3 Å². The third kappa shape index (κ3) is 7.50. The summed E-state index contributed by atoms with van der Waals surface area (Å²) in [6.07, 6.45) is 3.66. The molecule has 4 nitrogen and oxygen atoms in total. The lowest BCUT2D eigenvalue weighted by Gasteiger charge is -2.09. The molecule has 4 N–H and O–H groups in total. The highest BCUT2D eigenvalue weighted by Crippen LogP contribution is 2.01. The third-order valence-electron chi connectivity index (χ3n) is 1.68.